The number of hydrogen-bond acceptors (Lipinski definition) is 0. The topological polar surface area (TPSA) is 0 Å². The van der Waals surface area contributed by atoms with Crippen LogP contribution in [0.1, 0.15) is 40.0 Å². The molecule has 0 rings (SSSR count). The van der Waals surface area contributed by atoms with Crippen LogP contribution in [0.2, 0.25) is 0 Å². The molecule has 0 aliphatic carbocycles. The normalized spacial score (nSPS) is 10.5. The molecule has 0 aliphatic heterocycles. The molecule has 0 saturated carbocycles. The summed E-state index contributed by atoms with van der Waals surface area (Å²) >= 11 is 0. The molecular weight excluding hydrogens is 96.1 g/mol. The molecule has 0 aromatic rings. The minimum atomic E-state index is 1.22. The first-order chi connectivity index (χ1) is 3.77. The molecular formula is C8H16. The Balaban J connectivity index is 2.72. The first kappa shape index (κ1) is 8.00. The van der Waals surface area contributed by atoms with E-state index >= 15 is 0 Å². The number of rotatable bonds is 4. The maximum atomic E-state index is 2.33. The van der Waals surface area contributed by atoms with Gasteiger partial charge in [0, 0.05) is 0 Å². The largest absolute Gasteiger partial charge is 0.0651 e. The third-order valence-corrected chi connectivity index (χ3v) is 1.14. The average Bonchev–Trinajstić information content (AvgIpc) is 1.66. The van der Waals surface area contributed by atoms with Crippen LogP contribution in [-0.2, 0) is 0 Å². The van der Waals surface area contributed by atoms with E-state index in [-0.39, 0.29) is 0 Å². The van der Waals surface area contributed by atoms with Crippen LogP contribution in [0.5, 0.6) is 0 Å². The Morgan fingerprint density at radius 3 is 2.38 bits per heavy atom. The third kappa shape index (κ3) is 6.00. The van der Waals surface area contributed by atoms with Gasteiger partial charge in [-0.25, -0.2) is 0 Å². The predicted octanol–water partition coefficient (Wildman–Crippen LogP) is 3.00. The molecule has 0 aromatic carbocycles. The Morgan fingerprint density at radius 2 is 2.00 bits per heavy atom. The van der Waals surface area contributed by atoms with Crippen molar-refractivity contribution < 1.29 is 0 Å². The molecule has 2 radical (unpaired) electrons. The second kappa shape index (κ2) is 5.14. The van der Waals surface area contributed by atoms with E-state index in [1.807, 2.05) is 0 Å². The number of unbranched alkanes of at least 4 members (excludes halogenated alkanes) is 2. The number of hydrogen-bond donors (Lipinski definition) is 0. The summed E-state index contributed by atoms with van der Waals surface area (Å²) in [5.74, 6) is 1.54. The summed E-state index contributed by atoms with van der Waals surface area (Å²) in [5.41, 5.74) is 0. The Bertz CT molecular complexity index is 37.3. The van der Waals surface area contributed by atoms with Gasteiger partial charge in [-0.3, -0.25) is 0 Å². The highest BCUT2D eigenvalue weighted by molar-refractivity contribution is 4.79. The lowest BCUT2D eigenvalue weighted by atomic mass is 10.1. The molecule has 0 atom stereocenters. The fourth-order valence-corrected chi connectivity index (χ4v) is 0.595. The summed E-state index contributed by atoms with van der Waals surface area (Å²) in [6, 6.07) is 0. The molecule has 0 nitrogen and oxygen atoms in total. The summed E-state index contributed by atoms with van der Waals surface area (Å²) in [7, 11) is 0. The molecule has 0 heteroatoms. The van der Waals surface area contributed by atoms with Crippen LogP contribution in [0.3, 0.4) is 0 Å². The van der Waals surface area contributed by atoms with Crippen molar-refractivity contribution in [2.75, 3.05) is 0 Å². The van der Waals surface area contributed by atoms with Gasteiger partial charge in [-0.2, -0.15) is 0 Å². The van der Waals surface area contributed by atoms with E-state index < -0.39 is 0 Å². The summed E-state index contributed by atoms with van der Waals surface area (Å²) < 4.78 is 0. The van der Waals surface area contributed by atoms with Crippen LogP contribution in [0.25, 0.3) is 0 Å². The SMILES string of the molecule is CC[CH]CC[C](C)C. The van der Waals surface area contributed by atoms with E-state index in [9.17, 15) is 0 Å². The van der Waals surface area contributed by atoms with Crippen molar-refractivity contribution in [3.8, 4) is 0 Å². The second-order valence-electron chi connectivity index (χ2n) is 2.44. The Morgan fingerprint density at radius 1 is 1.38 bits per heavy atom. The minimum Gasteiger partial charge on any atom is -0.0651 e. The van der Waals surface area contributed by atoms with Gasteiger partial charge in [-0.1, -0.05) is 27.2 Å². The van der Waals surface area contributed by atoms with Gasteiger partial charge in [0.1, 0.15) is 0 Å². The first-order valence-electron chi connectivity index (χ1n) is 3.38. The summed E-state index contributed by atoms with van der Waals surface area (Å²) in [6.45, 7) is 6.55. The van der Waals surface area contributed by atoms with E-state index in [1.165, 1.54) is 25.2 Å². The fraction of sp³-hybridized carbons (Fsp3) is 0.750. The summed E-state index contributed by atoms with van der Waals surface area (Å²) in [4.78, 5) is 0. The first-order valence-corrected chi connectivity index (χ1v) is 3.38. The fourth-order valence-electron chi connectivity index (χ4n) is 0.595. The van der Waals surface area contributed by atoms with Crippen LogP contribution in [0, 0.1) is 12.3 Å². The van der Waals surface area contributed by atoms with E-state index in [0.717, 1.165) is 0 Å². The molecule has 0 amide bonds. The van der Waals surface area contributed by atoms with Gasteiger partial charge in [0.25, 0.3) is 0 Å². The van der Waals surface area contributed by atoms with Crippen LogP contribution in [0.15, 0.2) is 0 Å². The summed E-state index contributed by atoms with van der Waals surface area (Å²) in [5, 5.41) is 0. The van der Waals surface area contributed by atoms with Crippen molar-refractivity contribution in [3.63, 3.8) is 0 Å². The van der Waals surface area contributed by atoms with Crippen molar-refractivity contribution in [3.05, 3.63) is 12.3 Å². The molecule has 0 saturated heterocycles. The van der Waals surface area contributed by atoms with Gasteiger partial charge < -0.3 is 0 Å². The molecule has 0 fully saturated rings. The Hall–Kier alpha value is 0. The van der Waals surface area contributed by atoms with Gasteiger partial charge in [0.15, 0.2) is 0 Å². The second-order valence-corrected chi connectivity index (χ2v) is 2.44. The molecule has 0 bridgehead atoms. The van der Waals surface area contributed by atoms with Crippen molar-refractivity contribution >= 4 is 0 Å². The molecule has 0 N–H and O–H groups in total. The lowest BCUT2D eigenvalue weighted by Crippen LogP contribution is -1.83. The predicted molar refractivity (Wildman–Crippen MR) is 38.4 cm³/mol. The Kier molecular flexibility index (Phi) is 5.14. The highest BCUT2D eigenvalue weighted by Crippen LogP contribution is 2.07. The molecule has 8 heavy (non-hydrogen) atoms. The molecule has 0 unspecified atom stereocenters. The Labute approximate surface area is 53.3 Å². The van der Waals surface area contributed by atoms with Crippen molar-refractivity contribution in [1.82, 2.24) is 0 Å². The monoisotopic (exact) mass is 112 g/mol. The van der Waals surface area contributed by atoms with Crippen LogP contribution in [-0.4, -0.2) is 0 Å². The quantitative estimate of drug-likeness (QED) is 0.490. The van der Waals surface area contributed by atoms with Crippen LogP contribution in [0.4, 0.5) is 0 Å². The molecule has 0 aliphatic rings. The van der Waals surface area contributed by atoms with E-state index in [1.54, 1.807) is 0 Å². The standard InChI is InChI=1S/C8H16/c1-4-5-6-7-8(2)3/h5H,4,6-7H2,1-3H3. The molecule has 0 heterocycles. The average molecular weight is 112 g/mol. The van der Waals surface area contributed by atoms with Gasteiger partial charge in [-0.05, 0) is 25.2 Å². The van der Waals surface area contributed by atoms with E-state index in [4.69, 9.17) is 0 Å². The smallest absolute Gasteiger partial charge is 0.0303 e. The van der Waals surface area contributed by atoms with Crippen molar-refractivity contribution in [2.45, 2.75) is 40.0 Å². The van der Waals surface area contributed by atoms with Crippen LogP contribution < -0.4 is 0 Å². The zero-order valence-corrected chi connectivity index (χ0v) is 6.20. The van der Waals surface area contributed by atoms with E-state index in [2.05, 4.69) is 27.2 Å². The minimum absolute atomic E-state index is 1.22. The lowest BCUT2D eigenvalue weighted by molar-refractivity contribution is 0.792. The van der Waals surface area contributed by atoms with E-state index in [0.29, 0.717) is 0 Å². The molecule has 0 spiro atoms. The third-order valence-electron chi connectivity index (χ3n) is 1.14. The maximum absolute atomic E-state index is 2.33. The highest BCUT2D eigenvalue weighted by Gasteiger charge is 1.91. The highest BCUT2D eigenvalue weighted by atomic mass is 14.0. The van der Waals surface area contributed by atoms with Gasteiger partial charge in [0.05, 0.1) is 0 Å². The van der Waals surface area contributed by atoms with Crippen LogP contribution >= 0.6 is 0 Å². The molecule has 48 valence electrons. The van der Waals surface area contributed by atoms with Crippen molar-refractivity contribution in [2.24, 2.45) is 0 Å². The summed E-state index contributed by atoms with van der Waals surface area (Å²) in [6.07, 6.45) is 6.08. The molecule has 0 aromatic heterocycles. The zero-order valence-electron chi connectivity index (χ0n) is 6.20. The zero-order chi connectivity index (χ0) is 6.41. The van der Waals surface area contributed by atoms with Gasteiger partial charge in [0.2, 0.25) is 0 Å². The maximum Gasteiger partial charge on any atom is -0.0303 e. The van der Waals surface area contributed by atoms with Gasteiger partial charge >= 0.3 is 0 Å². The van der Waals surface area contributed by atoms with Gasteiger partial charge in [-0.15, -0.1) is 0 Å². The van der Waals surface area contributed by atoms with Crippen molar-refractivity contribution in [1.29, 1.82) is 0 Å². The lowest BCUT2D eigenvalue weighted by Gasteiger charge is -1.99.